The van der Waals surface area contributed by atoms with Crippen LogP contribution in [0.25, 0.3) is 11.0 Å². The Kier molecular flexibility index (Phi) is 4.97. The van der Waals surface area contributed by atoms with Crippen LogP contribution in [0.1, 0.15) is 19.5 Å². The lowest BCUT2D eigenvalue weighted by molar-refractivity contribution is 0.398. The van der Waals surface area contributed by atoms with Crippen LogP contribution in [-0.2, 0) is 6.42 Å². The molecular formula is C13H20N2O2. The van der Waals surface area contributed by atoms with Crippen molar-refractivity contribution in [1.82, 2.24) is 10.1 Å². The smallest absolute Gasteiger partial charge is 0.170 e. The quantitative estimate of drug-likeness (QED) is 0.890. The molecule has 4 nitrogen and oxygen atoms in total. The van der Waals surface area contributed by atoms with Gasteiger partial charge in [-0.1, -0.05) is 25.1 Å². The lowest BCUT2D eigenvalue weighted by atomic mass is 10.1. The van der Waals surface area contributed by atoms with Crippen LogP contribution < -0.4 is 0 Å². The highest BCUT2D eigenvalue weighted by Crippen LogP contribution is 2.27. The van der Waals surface area contributed by atoms with E-state index in [2.05, 4.69) is 10.1 Å². The summed E-state index contributed by atoms with van der Waals surface area (Å²) in [5.41, 5.74) is 1.46. The molecule has 94 valence electrons. The number of benzene rings is 1. The second kappa shape index (κ2) is 6.25. The number of hydrogen-bond acceptors (Lipinski definition) is 4. The standard InChI is InChI=1S/C11H14N2O2.C2H6/c1-13(2)7-6-8-11-9(14)4-3-5-10(11)15-12-8;1-2/h3-5,14H,6-7H2,1-2H3;1-2H3. The van der Waals surface area contributed by atoms with Crippen LogP contribution in [0, 0.1) is 0 Å². The molecule has 1 aromatic heterocycles. The highest BCUT2D eigenvalue weighted by atomic mass is 16.5. The molecule has 0 saturated carbocycles. The van der Waals surface area contributed by atoms with E-state index in [1.54, 1.807) is 18.2 Å². The Bertz CT molecular complexity index is 463. The van der Waals surface area contributed by atoms with Crippen LogP contribution in [0.2, 0.25) is 0 Å². The molecule has 0 aliphatic rings. The molecular weight excluding hydrogens is 216 g/mol. The minimum absolute atomic E-state index is 0.238. The van der Waals surface area contributed by atoms with E-state index in [0.29, 0.717) is 5.58 Å². The number of aromatic hydroxyl groups is 1. The zero-order valence-electron chi connectivity index (χ0n) is 10.9. The Morgan fingerprint density at radius 3 is 2.65 bits per heavy atom. The van der Waals surface area contributed by atoms with E-state index in [0.717, 1.165) is 24.0 Å². The fourth-order valence-electron chi connectivity index (χ4n) is 1.54. The highest BCUT2D eigenvalue weighted by Gasteiger charge is 2.11. The molecule has 1 aromatic carbocycles. The van der Waals surface area contributed by atoms with E-state index in [1.165, 1.54) is 0 Å². The van der Waals surface area contributed by atoms with Crippen molar-refractivity contribution in [2.24, 2.45) is 0 Å². The van der Waals surface area contributed by atoms with Gasteiger partial charge in [-0.05, 0) is 26.2 Å². The summed E-state index contributed by atoms with van der Waals surface area (Å²) < 4.78 is 5.13. The minimum atomic E-state index is 0.238. The number of rotatable bonds is 3. The second-order valence-electron chi connectivity index (χ2n) is 3.83. The Morgan fingerprint density at radius 1 is 1.29 bits per heavy atom. The lowest BCUT2D eigenvalue weighted by Crippen LogP contribution is -2.15. The fraction of sp³-hybridized carbons (Fsp3) is 0.462. The number of phenolic OH excluding ortho intramolecular Hbond substituents is 1. The Balaban J connectivity index is 0.000000686. The zero-order chi connectivity index (χ0) is 12.8. The molecule has 0 aliphatic carbocycles. The Labute approximate surface area is 102 Å². The predicted octanol–water partition coefficient (Wildman–Crippen LogP) is 2.66. The number of hydrogen-bond donors (Lipinski definition) is 1. The molecule has 0 fully saturated rings. The SMILES string of the molecule is CC.CN(C)CCc1noc2cccc(O)c12. The van der Waals surface area contributed by atoms with E-state index in [4.69, 9.17) is 4.52 Å². The molecule has 17 heavy (non-hydrogen) atoms. The van der Waals surface area contributed by atoms with Crippen LogP contribution in [-0.4, -0.2) is 35.8 Å². The Morgan fingerprint density at radius 2 is 2.00 bits per heavy atom. The number of nitrogens with zero attached hydrogens (tertiary/aromatic N) is 2. The van der Waals surface area contributed by atoms with Gasteiger partial charge in [-0.25, -0.2) is 0 Å². The summed E-state index contributed by atoms with van der Waals surface area (Å²) in [7, 11) is 4.00. The summed E-state index contributed by atoms with van der Waals surface area (Å²) >= 11 is 0. The maximum absolute atomic E-state index is 9.69. The van der Waals surface area contributed by atoms with E-state index < -0.39 is 0 Å². The molecule has 0 aliphatic heterocycles. The molecule has 4 heteroatoms. The van der Waals surface area contributed by atoms with Gasteiger partial charge in [0.05, 0.1) is 11.1 Å². The van der Waals surface area contributed by atoms with Crippen LogP contribution in [0.15, 0.2) is 22.7 Å². The van der Waals surface area contributed by atoms with Gasteiger partial charge in [0.15, 0.2) is 5.58 Å². The minimum Gasteiger partial charge on any atom is -0.507 e. The Hall–Kier alpha value is -1.55. The van der Waals surface area contributed by atoms with Gasteiger partial charge in [0.25, 0.3) is 0 Å². The molecule has 0 saturated heterocycles. The average molecular weight is 236 g/mol. The fourth-order valence-corrected chi connectivity index (χ4v) is 1.54. The van der Waals surface area contributed by atoms with Crippen LogP contribution in [0.5, 0.6) is 5.75 Å². The van der Waals surface area contributed by atoms with Crippen molar-refractivity contribution in [3.63, 3.8) is 0 Å². The maximum atomic E-state index is 9.69. The van der Waals surface area contributed by atoms with Crippen LogP contribution in [0.4, 0.5) is 0 Å². The highest BCUT2D eigenvalue weighted by molar-refractivity contribution is 5.85. The molecule has 1 heterocycles. The summed E-state index contributed by atoms with van der Waals surface area (Å²) in [6.07, 6.45) is 0.775. The monoisotopic (exact) mass is 236 g/mol. The van der Waals surface area contributed by atoms with Crippen molar-refractivity contribution < 1.29 is 9.63 Å². The first kappa shape index (κ1) is 13.5. The summed E-state index contributed by atoms with van der Waals surface area (Å²) in [4.78, 5) is 2.07. The third-order valence-corrected chi connectivity index (χ3v) is 2.34. The van der Waals surface area contributed by atoms with Crippen LogP contribution >= 0.6 is 0 Å². The third kappa shape index (κ3) is 3.20. The number of likely N-dealkylation sites (N-methyl/N-ethyl adjacent to an activating group) is 1. The van der Waals surface area contributed by atoms with Crippen LogP contribution in [0.3, 0.4) is 0 Å². The van der Waals surface area contributed by atoms with Crippen molar-refractivity contribution in [2.75, 3.05) is 20.6 Å². The first-order valence-electron chi connectivity index (χ1n) is 5.89. The lowest BCUT2D eigenvalue weighted by Gasteiger charge is -2.06. The van der Waals surface area contributed by atoms with Gasteiger partial charge in [0, 0.05) is 13.0 Å². The predicted molar refractivity (Wildman–Crippen MR) is 69.3 cm³/mol. The molecule has 0 atom stereocenters. The topological polar surface area (TPSA) is 49.5 Å². The van der Waals surface area contributed by atoms with Gasteiger partial charge in [0.2, 0.25) is 0 Å². The van der Waals surface area contributed by atoms with E-state index in [-0.39, 0.29) is 5.75 Å². The number of aromatic nitrogens is 1. The summed E-state index contributed by atoms with van der Waals surface area (Å²) in [6.45, 7) is 4.88. The zero-order valence-corrected chi connectivity index (χ0v) is 10.9. The molecule has 0 unspecified atom stereocenters. The van der Waals surface area contributed by atoms with Crippen molar-refractivity contribution in [3.05, 3.63) is 23.9 Å². The van der Waals surface area contributed by atoms with Gasteiger partial charge in [-0.15, -0.1) is 0 Å². The summed E-state index contributed by atoms with van der Waals surface area (Å²) in [6, 6.07) is 5.21. The maximum Gasteiger partial charge on any atom is 0.170 e. The molecule has 0 bridgehead atoms. The second-order valence-corrected chi connectivity index (χ2v) is 3.83. The van der Waals surface area contributed by atoms with E-state index in [1.807, 2.05) is 27.9 Å². The van der Waals surface area contributed by atoms with Gasteiger partial charge in [0.1, 0.15) is 5.75 Å². The third-order valence-electron chi connectivity index (χ3n) is 2.34. The van der Waals surface area contributed by atoms with Gasteiger partial charge in [-0.2, -0.15) is 0 Å². The first-order valence-corrected chi connectivity index (χ1v) is 5.89. The van der Waals surface area contributed by atoms with E-state index >= 15 is 0 Å². The molecule has 0 spiro atoms. The van der Waals surface area contributed by atoms with Gasteiger partial charge in [-0.3, -0.25) is 0 Å². The molecule has 0 amide bonds. The number of fused-ring (bicyclic) bond motifs is 1. The normalized spacial score (nSPS) is 10.4. The molecule has 0 radical (unpaired) electrons. The van der Waals surface area contributed by atoms with E-state index in [9.17, 15) is 5.11 Å². The largest absolute Gasteiger partial charge is 0.507 e. The van der Waals surface area contributed by atoms with Gasteiger partial charge >= 0.3 is 0 Å². The van der Waals surface area contributed by atoms with Crippen molar-refractivity contribution in [1.29, 1.82) is 0 Å². The first-order chi connectivity index (χ1) is 8.18. The molecule has 1 N–H and O–H groups in total. The summed E-state index contributed by atoms with van der Waals surface area (Å²) in [5.74, 6) is 0.238. The molecule has 2 aromatic rings. The average Bonchev–Trinajstić information content (AvgIpc) is 2.74. The molecule has 2 rings (SSSR count). The van der Waals surface area contributed by atoms with Crippen molar-refractivity contribution >= 4 is 11.0 Å². The van der Waals surface area contributed by atoms with Crippen molar-refractivity contribution in [2.45, 2.75) is 20.3 Å². The van der Waals surface area contributed by atoms with Crippen molar-refractivity contribution in [3.8, 4) is 5.75 Å². The van der Waals surface area contributed by atoms with Gasteiger partial charge < -0.3 is 14.5 Å². The number of phenols is 1. The summed E-state index contributed by atoms with van der Waals surface area (Å²) in [5, 5.41) is 14.4.